The van der Waals surface area contributed by atoms with E-state index in [2.05, 4.69) is 40.0 Å². The Kier molecular flexibility index (Phi) is 5.88. The number of aryl methyl sites for hydroxylation is 1. The topological polar surface area (TPSA) is 37.3 Å². The number of carbonyl (C=O) groups excluding carboxylic acids is 1. The van der Waals surface area contributed by atoms with Gasteiger partial charge in [0.05, 0.1) is 0 Å². The van der Waals surface area contributed by atoms with Crippen LogP contribution >= 0.6 is 15.9 Å². The summed E-state index contributed by atoms with van der Waals surface area (Å²) in [6.07, 6.45) is 4.40. The standard InChI is InChI=1S/C16H26BrN3O/c1-4-19-11-14(17)8-15(19)16(21)18-9-13-6-5-7-20(10-13)12(2)3/h8,11-13H,4-7,9-10H2,1-3H3,(H,18,21). The van der Waals surface area contributed by atoms with Gasteiger partial charge in [-0.3, -0.25) is 4.79 Å². The van der Waals surface area contributed by atoms with Gasteiger partial charge in [0.2, 0.25) is 0 Å². The van der Waals surface area contributed by atoms with E-state index in [0.717, 1.165) is 29.8 Å². The van der Waals surface area contributed by atoms with E-state index >= 15 is 0 Å². The van der Waals surface area contributed by atoms with Crippen LogP contribution in [0.4, 0.5) is 0 Å². The molecular weight excluding hydrogens is 330 g/mol. The van der Waals surface area contributed by atoms with E-state index in [9.17, 15) is 4.79 Å². The van der Waals surface area contributed by atoms with Crippen LogP contribution in [0.25, 0.3) is 0 Å². The molecule has 0 saturated carbocycles. The summed E-state index contributed by atoms with van der Waals surface area (Å²) >= 11 is 3.44. The first-order valence-electron chi connectivity index (χ1n) is 7.89. The van der Waals surface area contributed by atoms with Crippen molar-refractivity contribution in [3.63, 3.8) is 0 Å². The van der Waals surface area contributed by atoms with E-state index in [1.54, 1.807) is 0 Å². The first-order valence-corrected chi connectivity index (χ1v) is 8.68. The van der Waals surface area contributed by atoms with E-state index in [1.807, 2.05) is 23.8 Å². The number of carbonyl (C=O) groups is 1. The second-order valence-corrected chi connectivity index (χ2v) is 7.05. The molecular formula is C16H26BrN3O. The maximum absolute atomic E-state index is 12.3. The number of amides is 1. The minimum Gasteiger partial charge on any atom is -0.350 e. The lowest BCUT2D eigenvalue weighted by Gasteiger charge is -2.35. The van der Waals surface area contributed by atoms with Crippen molar-refractivity contribution in [3.05, 3.63) is 22.4 Å². The zero-order valence-electron chi connectivity index (χ0n) is 13.2. The number of hydrogen-bond donors (Lipinski definition) is 1. The quantitative estimate of drug-likeness (QED) is 0.880. The average molecular weight is 356 g/mol. The molecule has 0 aromatic carbocycles. The fourth-order valence-electron chi connectivity index (χ4n) is 2.99. The SMILES string of the molecule is CCn1cc(Br)cc1C(=O)NCC1CCCN(C(C)C)C1. The van der Waals surface area contributed by atoms with E-state index in [-0.39, 0.29) is 5.91 Å². The van der Waals surface area contributed by atoms with Gasteiger partial charge < -0.3 is 14.8 Å². The molecule has 21 heavy (non-hydrogen) atoms. The van der Waals surface area contributed by atoms with Crippen molar-refractivity contribution < 1.29 is 4.79 Å². The van der Waals surface area contributed by atoms with Gasteiger partial charge in [-0.25, -0.2) is 0 Å². The van der Waals surface area contributed by atoms with Gasteiger partial charge in [0.15, 0.2) is 0 Å². The Balaban J connectivity index is 1.89. The van der Waals surface area contributed by atoms with Gasteiger partial charge in [-0.1, -0.05) is 0 Å². The highest BCUT2D eigenvalue weighted by Crippen LogP contribution is 2.18. The molecule has 1 unspecified atom stereocenters. The fourth-order valence-corrected chi connectivity index (χ4v) is 3.45. The van der Waals surface area contributed by atoms with Crippen molar-refractivity contribution in [3.8, 4) is 0 Å². The number of rotatable bonds is 5. The van der Waals surface area contributed by atoms with Crippen LogP contribution in [0, 0.1) is 5.92 Å². The molecule has 5 heteroatoms. The second kappa shape index (κ2) is 7.45. The van der Waals surface area contributed by atoms with Crippen LogP contribution < -0.4 is 5.32 Å². The molecule has 1 N–H and O–H groups in total. The van der Waals surface area contributed by atoms with Crippen molar-refractivity contribution in [2.45, 2.75) is 46.2 Å². The number of piperidine rings is 1. The van der Waals surface area contributed by atoms with Gasteiger partial charge in [0.25, 0.3) is 5.91 Å². The molecule has 0 bridgehead atoms. The predicted octanol–water partition coefficient (Wildman–Crippen LogP) is 3.12. The van der Waals surface area contributed by atoms with Crippen molar-refractivity contribution in [1.82, 2.24) is 14.8 Å². The largest absolute Gasteiger partial charge is 0.350 e. The van der Waals surface area contributed by atoms with Crippen molar-refractivity contribution in [1.29, 1.82) is 0 Å². The third-order valence-electron chi connectivity index (χ3n) is 4.27. The monoisotopic (exact) mass is 355 g/mol. The molecule has 0 aliphatic carbocycles. The summed E-state index contributed by atoms with van der Waals surface area (Å²) in [7, 11) is 0. The first-order chi connectivity index (χ1) is 10.0. The maximum atomic E-state index is 12.3. The summed E-state index contributed by atoms with van der Waals surface area (Å²) in [4.78, 5) is 14.8. The molecule has 1 saturated heterocycles. The van der Waals surface area contributed by atoms with Gasteiger partial charge in [-0.15, -0.1) is 0 Å². The lowest BCUT2D eigenvalue weighted by Crippen LogP contribution is -2.43. The summed E-state index contributed by atoms with van der Waals surface area (Å²) in [6.45, 7) is 10.4. The van der Waals surface area contributed by atoms with Crippen LogP contribution in [0.1, 0.15) is 44.1 Å². The van der Waals surface area contributed by atoms with Crippen LogP contribution in [-0.4, -0.2) is 41.1 Å². The van der Waals surface area contributed by atoms with E-state index in [0.29, 0.717) is 12.0 Å². The van der Waals surface area contributed by atoms with Crippen LogP contribution in [-0.2, 0) is 6.54 Å². The highest BCUT2D eigenvalue weighted by atomic mass is 79.9. The van der Waals surface area contributed by atoms with E-state index < -0.39 is 0 Å². The summed E-state index contributed by atoms with van der Waals surface area (Å²) < 4.78 is 2.93. The minimum atomic E-state index is 0.0317. The van der Waals surface area contributed by atoms with Crippen LogP contribution in [0.3, 0.4) is 0 Å². The van der Waals surface area contributed by atoms with Crippen molar-refractivity contribution in [2.24, 2.45) is 5.92 Å². The average Bonchev–Trinajstić information content (AvgIpc) is 2.86. The lowest BCUT2D eigenvalue weighted by atomic mass is 9.97. The Bertz CT molecular complexity index is 484. The van der Waals surface area contributed by atoms with Crippen LogP contribution in [0.15, 0.2) is 16.7 Å². The molecule has 0 radical (unpaired) electrons. The molecule has 1 aromatic heterocycles. The zero-order valence-corrected chi connectivity index (χ0v) is 14.8. The molecule has 1 atom stereocenters. The summed E-state index contributed by atoms with van der Waals surface area (Å²) in [5, 5.41) is 3.11. The highest BCUT2D eigenvalue weighted by molar-refractivity contribution is 9.10. The van der Waals surface area contributed by atoms with Crippen molar-refractivity contribution >= 4 is 21.8 Å². The van der Waals surface area contributed by atoms with Crippen LogP contribution in [0.5, 0.6) is 0 Å². The molecule has 118 valence electrons. The normalized spacial score (nSPS) is 20.0. The number of likely N-dealkylation sites (tertiary alicyclic amines) is 1. The molecule has 0 spiro atoms. The molecule has 4 nitrogen and oxygen atoms in total. The second-order valence-electron chi connectivity index (χ2n) is 6.14. The zero-order chi connectivity index (χ0) is 15.4. The Labute approximate surface area is 136 Å². The molecule has 2 heterocycles. The minimum absolute atomic E-state index is 0.0317. The molecule has 2 rings (SSSR count). The summed E-state index contributed by atoms with van der Waals surface area (Å²) in [5.41, 5.74) is 0.737. The smallest absolute Gasteiger partial charge is 0.267 e. The maximum Gasteiger partial charge on any atom is 0.267 e. The number of aromatic nitrogens is 1. The van der Waals surface area contributed by atoms with Gasteiger partial charge in [0, 0.05) is 36.3 Å². The Morgan fingerprint density at radius 1 is 1.52 bits per heavy atom. The summed E-state index contributed by atoms with van der Waals surface area (Å²) in [6, 6.07) is 2.48. The third-order valence-corrected chi connectivity index (χ3v) is 4.70. The van der Waals surface area contributed by atoms with Crippen molar-refractivity contribution in [2.75, 3.05) is 19.6 Å². The third kappa shape index (κ3) is 4.33. The predicted molar refractivity (Wildman–Crippen MR) is 89.6 cm³/mol. The number of halogens is 1. The molecule has 1 aliphatic rings. The summed E-state index contributed by atoms with van der Waals surface area (Å²) in [5.74, 6) is 0.600. The van der Waals surface area contributed by atoms with Gasteiger partial charge in [-0.05, 0) is 68.1 Å². The number of nitrogens with zero attached hydrogens (tertiary/aromatic N) is 2. The Morgan fingerprint density at radius 2 is 2.29 bits per heavy atom. The van der Waals surface area contributed by atoms with Gasteiger partial charge in [0.1, 0.15) is 5.69 Å². The molecule has 1 aromatic rings. The Hall–Kier alpha value is -0.810. The lowest BCUT2D eigenvalue weighted by molar-refractivity contribution is 0.0914. The van der Waals surface area contributed by atoms with Gasteiger partial charge >= 0.3 is 0 Å². The fraction of sp³-hybridized carbons (Fsp3) is 0.688. The number of hydrogen-bond acceptors (Lipinski definition) is 2. The molecule has 1 fully saturated rings. The Morgan fingerprint density at radius 3 is 2.95 bits per heavy atom. The molecule has 1 aliphatic heterocycles. The van der Waals surface area contributed by atoms with E-state index in [4.69, 9.17) is 0 Å². The first kappa shape index (κ1) is 16.6. The number of nitrogens with one attached hydrogen (secondary N) is 1. The molecule has 1 amide bonds. The van der Waals surface area contributed by atoms with Crippen LogP contribution in [0.2, 0.25) is 0 Å². The van der Waals surface area contributed by atoms with Gasteiger partial charge in [-0.2, -0.15) is 0 Å². The van der Waals surface area contributed by atoms with E-state index in [1.165, 1.54) is 19.4 Å². The highest BCUT2D eigenvalue weighted by Gasteiger charge is 2.22.